The molecular weight excluding hydrogens is 430 g/mol. The minimum atomic E-state index is -0.632. The molecule has 1 atom stereocenters. The fraction of sp³-hybridized carbons (Fsp3) is 0.308. The summed E-state index contributed by atoms with van der Waals surface area (Å²) < 4.78 is 0. The number of nitrogens with one attached hydrogen (secondary N) is 2. The summed E-state index contributed by atoms with van der Waals surface area (Å²) >= 11 is 0. The number of hydroxylamine groups is 1. The Kier molecular flexibility index (Phi) is 7.83. The highest BCUT2D eigenvalue weighted by molar-refractivity contribution is 5.92. The molecule has 8 nitrogen and oxygen atoms in total. The predicted octanol–water partition coefficient (Wildman–Crippen LogP) is 4.29. The Morgan fingerprint density at radius 2 is 1.65 bits per heavy atom. The zero-order valence-corrected chi connectivity index (χ0v) is 19.0. The molecule has 4 rings (SSSR count). The van der Waals surface area contributed by atoms with Crippen molar-refractivity contribution in [2.45, 2.75) is 32.1 Å². The SMILES string of the molecule is O=C(CCC1CCCN(c2ncc(C(=O)NO)cn2)CC1)Nc1ccc(-c2ccccc2)cc1. The van der Waals surface area contributed by atoms with Gasteiger partial charge in [-0.3, -0.25) is 14.8 Å². The molecule has 1 fully saturated rings. The van der Waals surface area contributed by atoms with Crippen molar-refractivity contribution >= 4 is 23.5 Å². The topological polar surface area (TPSA) is 107 Å². The molecule has 2 amide bonds. The Morgan fingerprint density at radius 3 is 2.35 bits per heavy atom. The third-order valence-corrected chi connectivity index (χ3v) is 6.19. The van der Waals surface area contributed by atoms with Crippen LogP contribution >= 0.6 is 0 Å². The summed E-state index contributed by atoms with van der Waals surface area (Å²) in [5.41, 5.74) is 4.87. The van der Waals surface area contributed by atoms with Gasteiger partial charge in [-0.1, -0.05) is 42.5 Å². The Labute approximate surface area is 199 Å². The normalized spacial score (nSPS) is 15.9. The van der Waals surface area contributed by atoms with Gasteiger partial charge in [0.25, 0.3) is 5.91 Å². The number of aromatic nitrogens is 2. The maximum atomic E-state index is 12.5. The molecule has 176 valence electrons. The summed E-state index contributed by atoms with van der Waals surface area (Å²) in [7, 11) is 0. The molecule has 3 N–H and O–H groups in total. The van der Waals surface area contributed by atoms with Gasteiger partial charge in [-0.2, -0.15) is 0 Å². The summed E-state index contributed by atoms with van der Waals surface area (Å²) in [5.74, 6) is 0.449. The molecule has 1 aliphatic rings. The van der Waals surface area contributed by atoms with Crippen LogP contribution in [0.3, 0.4) is 0 Å². The van der Waals surface area contributed by atoms with Crippen LogP contribution in [0.1, 0.15) is 42.5 Å². The van der Waals surface area contributed by atoms with E-state index in [-0.39, 0.29) is 11.5 Å². The molecule has 0 aliphatic carbocycles. The Bertz CT molecular complexity index is 1090. The van der Waals surface area contributed by atoms with Gasteiger partial charge in [0, 0.05) is 37.6 Å². The zero-order chi connectivity index (χ0) is 23.8. The second kappa shape index (κ2) is 11.4. The first-order valence-corrected chi connectivity index (χ1v) is 11.6. The lowest BCUT2D eigenvalue weighted by Crippen LogP contribution is -2.27. The largest absolute Gasteiger partial charge is 0.341 e. The van der Waals surface area contributed by atoms with E-state index in [0.29, 0.717) is 18.3 Å². The van der Waals surface area contributed by atoms with Gasteiger partial charge in [0.05, 0.1) is 5.56 Å². The van der Waals surface area contributed by atoms with Crippen LogP contribution in [-0.4, -0.2) is 40.1 Å². The molecule has 0 radical (unpaired) electrons. The number of hydrogen-bond donors (Lipinski definition) is 3. The lowest BCUT2D eigenvalue weighted by atomic mass is 9.95. The number of hydrogen-bond acceptors (Lipinski definition) is 6. The smallest absolute Gasteiger partial charge is 0.277 e. The summed E-state index contributed by atoms with van der Waals surface area (Å²) in [5, 5.41) is 11.7. The predicted molar refractivity (Wildman–Crippen MR) is 131 cm³/mol. The number of nitrogens with zero attached hydrogens (tertiary/aromatic N) is 3. The standard InChI is InChI=1S/C26H29N5O3/c32-24(29-23-11-9-21(10-12-23)20-6-2-1-3-7-20)13-8-19-5-4-15-31(16-14-19)26-27-17-22(18-28-26)25(33)30-34/h1-3,6-7,9-12,17-19,34H,4-5,8,13-16H2,(H,29,32)(H,30,33). The molecule has 0 spiro atoms. The molecule has 8 heteroatoms. The fourth-order valence-electron chi connectivity index (χ4n) is 4.26. The van der Waals surface area contributed by atoms with Crippen LogP contribution in [0.4, 0.5) is 11.6 Å². The van der Waals surface area contributed by atoms with E-state index in [1.807, 2.05) is 42.5 Å². The third-order valence-electron chi connectivity index (χ3n) is 6.19. The molecule has 1 aromatic heterocycles. The van der Waals surface area contributed by atoms with Crippen molar-refractivity contribution in [1.29, 1.82) is 0 Å². The Balaban J connectivity index is 1.23. The van der Waals surface area contributed by atoms with Gasteiger partial charge in [-0.25, -0.2) is 15.4 Å². The molecule has 34 heavy (non-hydrogen) atoms. The molecule has 3 aromatic rings. The highest BCUT2D eigenvalue weighted by atomic mass is 16.5. The lowest BCUT2D eigenvalue weighted by molar-refractivity contribution is -0.116. The number of amides is 2. The van der Waals surface area contributed by atoms with E-state index in [2.05, 4.69) is 32.3 Å². The van der Waals surface area contributed by atoms with Gasteiger partial charge < -0.3 is 10.2 Å². The van der Waals surface area contributed by atoms with Gasteiger partial charge in [-0.15, -0.1) is 0 Å². The zero-order valence-electron chi connectivity index (χ0n) is 19.0. The van der Waals surface area contributed by atoms with Gasteiger partial charge in [-0.05, 0) is 54.9 Å². The van der Waals surface area contributed by atoms with Crippen LogP contribution in [0.2, 0.25) is 0 Å². The van der Waals surface area contributed by atoms with Crippen molar-refractivity contribution in [3.63, 3.8) is 0 Å². The van der Waals surface area contributed by atoms with Crippen molar-refractivity contribution in [3.8, 4) is 11.1 Å². The van der Waals surface area contributed by atoms with E-state index in [1.165, 1.54) is 12.4 Å². The maximum absolute atomic E-state index is 12.5. The van der Waals surface area contributed by atoms with Gasteiger partial charge in [0.1, 0.15) is 0 Å². The average Bonchev–Trinajstić information content (AvgIpc) is 3.14. The minimum absolute atomic E-state index is 0.0367. The quantitative estimate of drug-likeness (QED) is 0.359. The van der Waals surface area contributed by atoms with E-state index < -0.39 is 5.91 Å². The lowest BCUT2D eigenvalue weighted by Gasteiger charge is -2.20. The maximum Gasteiger partial charge on any atom is 0.277 e. The van der Waals surface area contributed by atoms with E-state index in [9.17, 15) is 9.59 Å². The summed E-state index contributed by atoms with van der Waals surface area (Å²) in [6.45, 7) is 1.64. The highest BCUT2D eigenvalue weighted by Gasteiger charge is 2.20. The third kappa shape index (κ3) is 6.17. The fourth-order valence-corrected chi connectivity index (χ4v) is 4.26. The summed E-state index contributed by atoms with van der Waals surface area (Å²) in [4.78, 5) is 34.6. The molecule has 1 aliphatic heterocycles. The molecule has 0 saturated carbocycles. The van der Waals surface area contributed by atoms with Crippen LogP contribution < -0.4 is 15.7 Å². The average molecular weight is 460 g/mol. The van der Waals surface area contributed by atoms with E-state index in [1.54, 1.807) is 5.48 Å². The van der Waals surface area contributed by atoms with E-state index >= 15 is 0 Å². The van der Waals surface area contributed by atoms with Gasteiger partial charge in [0.2, 0.25) is 11.9 Å². The Morgan fingerprint density at radius 1 is 0.941 bits per heavy atom. The number of carbonyl (C=O) groups is 2. The van der Waals surface area contributed by atoms with Crippen molar-refractivity contribution < 1.29 is 14.8 Å². The molecule has 0 bridgehead atoms. The summed E-state index contributed by atoms with van der Waals surface area (Å²) in [6.07, 6.45) is 7.17. The van der Waals surface area contributed by atoms with Crippen LogP contribution in [0, 0.1) is 5.92 Å². The number of benzene rings is 2. The molecule has 1 unspecified atom stereocenters. The van der Waals surface area contributed by atoms with Gasteiger partial charge >= 0.3 is 0 Å². The van der Waals surface area contributed by atoms with Crippen LogP contribution in [0.5, 0.6) is 0 Å². The molecule has 1 saturated heterocycles. The van der Waals surface area contributed by atoms with Crippen LogP contribution in [0.15, 0.2) is 67.0 Å². The van der Waals surface area contributed by atoms with Crippen molar-refractivity contribution in [3.05, 3.63) is 72.6 Å². The van der Waals surface area contributed by atoms with Crippen LogP contribution in [-0.2, 0) is 4.79 Å². The first-order valence-electron chi connectivity index (χ1n) is 11.6. The second-order valence-corrected chi connectivity index (χ2v) is 8.53. The van der Waals surface area contributed by atoms with Crippen molar-refractivity contribution in [1.82, 2.24) is 15.4 Å². The van der Waals surface area contributed by atoms with Gasteiger partial charge in [0.15, 0.2) is 0 Å². The van der Waals surface area contributed by atoms with E-state index in [0.717, 1.165) is 55.6 Å². The number of rotatable bonds is 7. The molecule has 2 heterocycles. The first kappa shape index (κ1) is 23.4. The van der Waals surface area contributed by atoms with Crippen molar-refractivity contribution in [2.24, 2.45) is 5.92 Å². The second-order valence-electron chi connectivity index (χ2n) is 8.53. The summed E-state index contributed by atoms with van der Waals surface area (Å²) in [6, 6.07) is 18.1. The molecule has 2 aromatic carbocycles. The van der Waals surface area contributed by atoms with Crippen LogP contribution in [0.25, 0.3) is 11.1 Å². The first-order chi connectivity index (χ1) is 16.6. The molecular formula is C26H29N5O3. The van der Waals surface area contributed by atoms with E-state index in [4.69, 9.17) is 5.21 Å². The monoisotopic (exact) mass is 459 g/mol. The Hall–Kier alpha value is -3.78. The number of carbonyl (C=O) groups excluding carboxylic acids is 2. The highest BCUT2D eigenvalue weighted by Crippen LogP contribution is 2.25. The number of anilines is 2. The van der Waals surface area contributed by atoms with Crippen molar-refractivity contribution in [2.75, 3.05) is 23.3 Å². The minimum Gasteiger partial charge on any atom is -0.341 e.